The van der Waals surface area contributed by atoms with Crippen molar-refractivity contribution in [3.05, 3.63) is 29.8 Å². The standard InChI is InChI=1S/C18H26OSSi/c1-21(2,3)17-9-4-6-13(12-17)18(19)14-10-15-7-5-8-16(11-14)20-15/h4,6,9,12,14-16H,5,7-8,10-11H2,1-3H3. The Kier molecular flexibility index (Phi) is 4.33. The molecule has 2 aliphatic heterocycles. The van der Waals surface area contributed by atoms with Gasteiger partial charge in [-0.3, -0.25) is 4.79 Å². The summed E-state index contributed by atoms with van der Waals surface area (Å²) in [7, 11) is -1.34. The zero-order chi connectivity index (χ0) is 15.0. The maximum Gasteiger partial charge on any atom is 0.166 e. The van der Waals surface area contributed by atoms with E-state index >= 15 is 0 Å². The summed E-state index contributed by atoms with van der Waals surface area (Å²) in [6, 6.07) is 8.50. The van der Waals surface area contributed by atoms with Gasteiger partial charge in [0.05, 0.1) is 8.07 Å². The fourth-order valence-corrected chi connectivity index (χ4v) is 6.67. The molecular weight excluding hydrogens is 292 g/mol. The van der Waals surface area contributed by atoms with Gasteiger partial charge in [0.25, 0.3) is 0 Å². The van der Waals surface area contributed by atoms with Crippen molar-refractivity contribution in [2.75, 3.05) is 0 Å². The summed E-state index contributed by atoms with van der Waals surface area (Å²) in [6.45, 7) is 7.04. The Morgan fingerprint density at radius 2 is 1.81 bits per heavy atom. The van der Waals surface area contributed by atoms with E-state index in [1.807, 2.05) is 6.07 Å². The average Bonchev–Trinajstić information content (AvgIpc) is 2.45. The highest BCUT2D eigenvalue weighted by atomic mass is 32.2. The lowest BCUT2D eigenvalue weighted by molar-refractivity contribution is 0.0897. The van der Waals surface area contributed by atoms with Gasteiger partial charge >= 0.3 is 0 Å². The fourth-order valence-electron chi connectivity index (χ4n) is 3.65. The molecule has 0 aliphatic carbocycles. The highest BCUT2D eigenvalue weighted by molar-refractivity contribution is 8.00. The quantitative estimate of drug-likeness (QED) is 0.604. The Morgan fingerprint density at radius 1 is 1.14 bits per heavy atom. The van der Waals surface area contributed by atoms with Gasteiger partial charge in [-0.1, -0.05) is 55.5 Å². The number of ketones is 1. The van der Waals surface area contributed by atoms with Gasteiger partial charge in [0.1, 0.15) is 0 Å². The molecule has 1 aromatic carbocycles. The van der Waals surface area contributed by atoms with Crippen LogP contribution in [0.25, 0.3) is 0 Å². The number of carbonyl (C=O) groups excluding carboxylic acids is 1. The van der Waals surface area contributed by atoms with E-state index < -0.39 is 8.07 Å². The van der Waals surface area contributed by atoms with E-state index in [-0.39, 0.29) is 5.92 Å². The van der Waals surface area contributed by atoms with E-state index in [0.29, 0.717) is 5.78 Å². The van der Waals surface area contributed by atoms with Crippen LogP contribution in [0.5, 0.6) is 0 Å². The van der Waals surface area contributed by atoms with E-state index in [1.165, 1.54) is 24.4 Å². The molecule has 2 saturated heterocycles. The molecule has 0 amide bonds. The first-order chi connectivity index (χ1) is 9.93. The Morgan fingerprint density at radius 3 is 2.43 bits per heavy atom. The molecule has 0 saturated carbocycles. The first kappa shape index (κ1) is 15.4. The molecule has 1 aromatic rings. The van der Waals surface area contributed by atoms with Gasteiger partial charge < -0.3 is 0 Å². The molecule has 3 rings (SSSR count). The number of rotatable bonds is 3. The van der Waals surface area contributed by atoms with E-state index in [2.05, 4.69) is 49.6 Å². The van der Waals surface area contributed by atoms with Crippen LogP contribution in [0, 0.1) is 5.92 Å². The van der Waals surface area contributed by atoms with Gasteiger partial charge in [-0.15, -0.1) is 0 Å². The third kappa shape index (κ3) is 3.45. The van der Waals surface area contributed by atoms with Crippen LogP contribution in [0.15, 0.2) is 24.3 Å². The molecular formula is C18H26OSSi. The lowest BCUT2D eigenvalue weighted by Gasteiger charge is -2.38. The third-order valence-electron chi connectivity index (χ3n) is 4.92. The lowest BCUT2D eigenvalue weighted by atomic mass is 9.84. The van der Waals surface area contributed by atoms with Crippen molar-refractivity contribution in [2.45, 2.75) is 62.2 Å². The number of hydrogen-bond acceptors (Lipinski definition) is 2. The maximum absolute atomic E-state index is 12.9. The van der Waals surface area contributed by atoms with Gasteiger partial charge in [-0.05, 0) is 25.7 Å². The van der Waals surface area contributed by atoms with Crippen LogP contribution >= 0.6 is 11.8 Å². The van der Waals surface area contributed by atoms with Gasteiger partial charge in [0, 0.05) is 22.0 Å². The van der Waals surface area contributed by atoms with Crippen LogP contribution < -0.4 is 5.19 Å². The minimum absolute atomic E-state index is 0.276. The Balaban J connectivity index is 1.79. The summed E-state index contributed by atoms with van der Waals surface area (Å²) in [5, 5.41) is 2.89. The second-order valence-electron chi connectivity index (χ2n) is 7.67. The molecule has 0 spiro atoms. The minimum atomic E-state index is -1.34. The second-order valence-corrected chi connectivity index (χ2v) is 14.4. The van der Waals surface area contributed by atoms with Crippen LogP contribution in [-0.2, 0) is 0 Å². The van der Waals surface area contributed by atoms with Gasteiger partial charge in [-0.25, -0.2) is 0 Å². The summed E-state index contributed by atoms with van der Waals surface area (Å²) in [4.78, 5) is 12.9. The van der Waals surface area contributed by atoms with Crippen molar-refractivity contribution in [3.8, 4) is 0 Å². The fraction of sp³-hybridized carbons (Fsp3) is 0.611. The van der Waals surface area contributed by atoms with E-state index in [0.717, 1.165) is 28.9 Å². The zero-order valence-electron chi connectivity index (χ0n) is 13.4. The summed E-state index contributed by atoms with van der Waals surface area (Å²) in [6.07, 6.45) is 6.22. The van der Waals surface area contributed by atoms with Crippen LogP contribution in [0.3, 0.4) is 0 Å². The van der Waals surface area contributed by atoms with Crippen molar-refractivity contribution in [2.24, 2.45) is 5.92 Å². The van der Waals surface area contributed by atoms with Crippen LogP contribution in [0.2, 0.25) is 19.6 Å². The van der Waals surface area contributed by atoms with Crippen molar-refractivity contribution in [3.63, 3.8) is 0 Å². The molecule has 3 heteroatoms. The molecule has 114 valence electrons. The number of carbonyl (C=O) groups is 1. The van der Waals surface area contributed by atoms with Crippen molar-refractivity contribution < 1.29 is 4.79 Å². The smallest absolute Gasteiger partial charge is 0.166 e. The highest BCUT2D eigenvalue weighted by Crippen LogP contribution is 2.44. The molecule has 21 heavy (non-hydrogen) atoms. The number of fused-ring (bicyclic) bond motifs is 2. The SMILES string of the molecule is C[Si](C)(C)c1cccc(C(=O)C2CC3CCCC(C2)S3)c1. The van der Waals surface area contributed by atoms with E-state index in [1.54, 1.807) is 0 Å². The van der Waals surface area contributed by atoms with Gasteiger partial charge in [0.2, 0.25) is 0 Å². The largest absolute Gasteiger partial charge is 0.294 e. The third-order valence-corrected chi connectivity index (χ3v) is 8.58. The monoisotopic (exact) mass is 318 g/mol. The molecule has 2 atom stereocenters. The normalized spacial score (nSPS) is 29.2. The minimum Gasteiger partial charge on any atom is -0.294 e. The van der Waals surface area contributed by atoms with Gasteiger partial charge in [0.15, 0.2) is 5.78 Å². The molecule has 2 aliphatic rings. The highest BCUT2D eigenvalue weighted by Gasteiger charge is 2.36. The number of hydrogen-bond donors (Lipinski definition) is 0. The zero-order valence-corrected chi connectivity index (χ0v) is 15.2. The molecule has 1 nitrogen and oxygen atoms in total. The van der Waals surface area contributed by atoms with Crippen LogP contribution in [0.4, 0.5) is 0 Å². The van der Waals surface area contributed by atoms with Crippen molar-refractivity contribution >= 4 is 30.8 Å². The number of thioether (sulfide) groups is 1. The summed E-state index contributed by atoms with van der Waals surface area (Å²) in [5.41, 5.74) is 0.963. The predicted molar refractivity (Wildman–Crippen MR) is 95.5 cm³/mol. The number of Topliss-reactive ketones (excluding diaryl/α,β-unsaturated/α-hetero) is 1. The van der Waals surface area contributed by atoms with Gasteiger partial charge in [-0.2, -0.15) is 11.8 Å². The molecule has 2 heterocycles. The molecule has 0 radical (unpaired) electrons. The first-order valence-corrected chi connectivity index (χ1v) is 12.7. The maximum atomic E-state index is 12.9. The topological polar surface area (TPSA) is 17.1 Å². The summed E-state index contributed by atoms with van der Waals surface area (Å²) >= 11 is 2.15. The van der Waals surface area contributed by atoms with E-state index in [4.69, 9.17) is 0 Å². The van der Waals surface area contributed by atoms with E-state index in [9.17, 15) is 4.79 Å². The van der Waals surface area contributed by atoms with Crippen molar-refractivity contribution in [1.29, 1.82) is 0 Å². The van der Waals surface area contributed by atoms with Crippen LogP contribution in [0.1, 0.15) is 42.5 Å². The molecule has 0 aromatic heterocycles. The molecule has 2 fully saturated rings. The predicted octanol–water partition coefficient (Wildman–Crippen LogP) is 4.48. The first-order valence-electron chi connectivity index (χ1n) is 8.24. The second kappa shape index (κ2) is 5.92. The van der Waals surface area contributed by atoms with Crippen molar-refractivity contribution in [1.82, 2.24) is 0 Å². The Hall–Kier alpha value is -0.543. The molecule has 2 unspecified atom stereocenters. The molecule has 2 bridgehead atoms. The number of benzene rings is 1. The summed E-state index contributed by atoms with van der Waals surface area (Å²) < 4.78 is 0. The van der Waals surface area contributed by atoms with Crippen LogP contribution in [-0.4, -0.2) is 24.4 Å². The average molecular weight is 319 g/mol. The Labute approximate surface area is 133 Å². The molecule has 0 N–H and O–H groups in total. The summed E-state index contributed by atoms with van der Waals surface area (Å²) in [5.74, 6) is 0.686. The Bertz CT molecular complexity index is 522. The lowest BCUT2D eigenvalue weighted by Crippen LogP contribution is -2.38.